The molecule has 2 unspecified atom stereocenters. The summed E-state index contributed by atoms with van der Waals surface area (Å²) >= 11 is 0. The fourth-order valence-electron chi connectivity index (χ4n) is 2.38. The molecule has 8 heteroatoms. The Morgan fingerprint density at radius 3 is 2.71 bits per heavy atom. The van der Waals surface area contributed by atoms with Gasteiger partial charge in [0.25, 0.3) is 15.0 Å². The molecule has 0 aliphatic heterocycles. The van der Waals surface area contributed by atoms with Crippen LogP contribution >= 0.6 is 10.7 Å². The Balaban J connectivity index is 2.16. The van der Waals surface area contributed by atoms with Gasteiger partial charge in [-0.1, -0.05) is 0 Å². The molecular formula is C13H15ClFNO4S. The number of amides is 1. The van der Waals surface area contributed by atoms with Crippen molar-refractivity contribution in [2.24, 2.45) is 0 Å². The fourth-order valence-corrected chi connectivity index (χ4v) is 3.16. The van der Waals surface area contributed by atoms with E-state index in [-0.39, 0.29) is 22.6 Å². The van der Waals surface area contributed by atoms with Gasteiger partial charge in [0.1, 0.15) is 5.82 Å². The van der Waals surface area contributed by atoms with Crippen molar-refractivity contribution in [3.8, 4) is 0 Å². The Morgan fingerprint density at radius 2 is 2.14 bits per heavy atom. The average Bonchev–Trinajstić information content (AvgIpc) is 2.85. The van der Waals surface area contributed by atoms with E-state index < -0.39 is 20.8 Å². The summed E-state index contributed by atoms with van der Waals surface area (Å²) in [6.45, 7) is 0. The number of carbonyl (C=O) groups is 1. The van der Waals surface area contributed by atoms with Crippen LogP contribution in [0.3, 0.4) is 0 Å². The second-order valence-corrected chi connectivity index (χ2v) is 7.49. The van der Waals surface area contributed by atoms with Gasteiger partial charge >= 0.3 is 0 Å². The number of methoxy groups -OCH3 is 1. The van der Waals surface area contributed by atoms with Crippen molar-refractivity contribution >= 4 is 25.6 Å². The summed E-state index contributed by atoms with van der Waals surface area (Å²) in [6, 6.07) is 2.76. The first-order chi connectivity index (χ1) is 9.81. The topological polar surface area (TPSA) is 72.5 Å². The predicted molar refractivity (Wildman–Crippen MR) is 75.3 cm³/mol. The number of ether oxygens (including phenoxy) is 1. The number of hydrogen-bond donors (Lipinski definition) is 1. The van der Waals surface area contributed by atoms with Gasteiger partial charge in [0.2, 0.25) is 0 Å². The largest absolute Gasteiger partial charge is 0.381 e. The van der Waals surface area contributed by atoms with Gasteiger partial charge in [-0.3, -0.25) is 4.79 Å². The lowest BCUT2D eigenvalue weighted by Crippen LogP contribution is -2.34. The number of halogens is 2. The van der Waals surface area contributed by atoms with Crippen LogP contribution in [0.25, 0.3) is 0 Å². The van der Waals surface area contributed by atoms with Crippen LogP contribution in [0.2, 0.25) is 0 Å². The smallest absolute Gasteiger partial charge is 0.261 e. The summed E-state index contributed by atoms with van der Waals surface area (Å²) in [5.41, 5.74) is -0.336. The molecule has 116 valence electrons. The molecule has 0 bridgehead atoms. The minimum Gasteiger partial charge on any atom is -0.381 e. The molecule has 2 rings (SSSR count). The Hall–Kier alpha value is -1.18. The van der Waals surface area contributed by atoms with Crippen molar-refractivity contribution < 1.29 is 22.3 Å². The summed E-state index contributed by atoms with van der Waals surface area (Å²) in [7, 11) is 2.79. The van der Waals surface area contributed by atoms with Gasteiger partial charge in [-0.15, -0.1) is 0 Å². The zero-order valence-corrected chi connectivity index (χ0v) is 12.9. The maximum absolute atomic E-state index is 13.7. The Morgan fingerprint density at radius 1 is 1.43 bits per heavy atom. The molecule has 1 aliphatic rings. The van der Waals surface area contributed by atoms with E-state index in [1.807, 2.05) is 0 Å². The van der Waals surface area contributed by atoms with Crippen molar-refractivity contribution in [3.05, 3.63) is 29.6 Å². The zero-order chi connectivity index (χ0) is 15.6. The number of carbonyl (C=O) groups excluding carboxylic acids is 1. The monoisotopic (exact) mass is 335 g/mol. The summed E-state index contributed by atoms with van der Waals surface area (Å²) in [4.78, 5) is 11.8. The van der Waals surface area contributed by atoms with Crippen LogP contribution in [0.1, 0.15) is 29.6 Å². The van der Waals surface area contributed by atoms with Crippen LogP contribution in [0, 0.1) is 5.82 Å². The summed E-state index contributed by atoms with van der Waals surface area (Å²) < 4.78 is 41.4. The van der Waals surface area contributed by atoms with E-state index in [1.54, 1.807) is 7.11 Å². The molecular weight excluding hydrogens is 321 g/mol. The van der Waals surface area contributed by atoms with Crippen LogP contribution in [-0.4, -0.2) is 33.6 Å². The number of hydrogen-bond acceptors (Lipinski definition) is 4. The third-order valence-corrected chi connectivity index (χ3v) is 4.87. The van der Waals surface area contributed by atoms with E-state index in [9.17, 15) is 17.6 Å². The molecule has 1 aromatic carbocycles. The normalized spacial score (nSPS) is 22.2. The Labute approximate surface area is 126 Å². The highest BCUT2D eigenvalue weighted by atomic mass is 35.7. The van der Waals surface area contributed by atoms with E-state index in [1.165, 1.54) is 0 Å². The Kier molecular flexibility index (Phi) is 4.85. The molecule has 1 saturated carbocycles. The molecule has 0 radical (unpaired) electrons. The third-order valence-electron chi connectivity index (χ3n) is 3.52. The van der Waals surface area contributed by atoms with Gasteiger partial charge in [-0.25, -0.2) is 12.8 Å². The van der Waals surface area contributed by atoms with Crippen LogP contribution in [-0.2, 0) is 13.8 Å². The van der Waals surface area contributed by atoms with E-state index in [0.717, 1.165) is 31.0 Å². The predicted octanol–water partition coefficient (Wildman–Crippen LogP) is 2.05. The fraction of sp³-hybridized carbons (Fsp3) is 0.462. The molecule has 0 saturated heterocycles. The first kappa shape index (κ1) is 16.2. The molecule has 2 atom stereocenters. The van der Waals surface area contributed by atoms with Crippen molar-refractivity contribution in [2.75, 3.05) is 7.11 Å². The van der Waals surface area contributed by atoms with Gasteiger partial charge in [0, 0.05) is 23.8 Å². The molecule has 1 aromatic rings. The second kappa shape index (κ2) is 6.29. The summed E-state index contributed by atoms with van der Waals surface area (Å²) in [5, 5.41) is 2.68. The van der Waals surface area contributed by atoms with Crippen LogP contribution in [0.15, 0.2) is 23.1 Å². The average molecular weight is 336 g/mol. The molecule has 1 amide bonds. The van der Waals surface area contributed by atoms with E-state index >= 15 is 0 Å². The van der Waals surface area contributed by atoms with E-state index in [0.29, 0.717) is 6.42 Å². The standard InChI is InChI=1S/C13H15ClFNO4S/c1-20-9-3-2-8(6-9)16-13(17)11-7-10(21(14,18)19)4-5-12(11)15/h4-5,7-9H,2-3,6H2,1H3,(H,16,17). The zero-order valence-electron chi connectivity index (χ0n) is 11.3. The number of benzene rings is 1. The lowest BCUT2D eigenvalue weighted by molar-refractivity contribution is 0.0911. The third kappa shape index (κ3) is 3.93. The highest BCUT2D eigenvalue weighted by molar-refractivity contribution is 8.13. The quantitative estimate of drug-likeness (QED) is 0.855. The van der Waals surface area contributed by atoms with Crippen LogP contribution < -0.4 is 5.32 Å². The van der Waals surface area contributed by atoms with Crippen molar-refractivity contribution in [3.63, 3.8) is 0 Å². The molecule has 0 spiro atoms. The molecule has 0 aromatic heterocycles. The molecule has 21 heavy (non-hydrogen) atoms. The van der Waals surface area contributed by atoms with Gasteiger partial charge in [-0.05, 0) is 37.5 Å². The second-order valence-electron chi connectivity index (χ2n) is 4.92. The lowest BCUT2D eigenvalue weighted by atomic mass is 10.1. The van der Waals surface area contributed by atoms with E-state index in [4.69, 9.17) is 15.4 Å². The van der Waals surface area contributed by atoms with Crippen LogP contribution in [0.4, 0.5) is 4.39 Å². The number of rotatable bonds is 4. The first-order valence-electron chi connectivity index (χ1n) is 6.39. The minimum absolute atomic E-state index is 0.0784. The maximum atomic E-state index is 13.7. The summed E-state index contributed by atoms with van der Waals surface area (Å²) in [6.07, 6.45) is 2.28. The lowest BCUT2D eigenvalue weighted by Gasteiger charge is -2.13. The van der Waals surface area contributed by atoms with E-state index in [2.05, 4.69) is 5.32 Å². The van der Waals surface area contributed by atoms with Gasteiger partial charge in [-0.2, -0.15) is 0 Å². The molecule has 0 heterocycles. The number of nitrogens with one attached hydrogen (secondary N) is 1. The molecule has 1 fully saturated rings. The Bertz CT molecular complexity index is 650. The first-order valence-corrected chi connectivity index (χ1v) is 8.70. The highest BCUT2D eigenvalue weighted by Crippen LogP contribution is 2.23. The molecule has 1 aliphatic carbocycles. The molecule has 1 N–H and O–H groups in total. The van der Waals surface area contributed by atoms with Crippen molar-refractivity contribution in [1.82, 2.24) is 5.32 Å². The highest BCUT2D eigenvalue weighted by Gasteiger charge is 2.27. The van der Waals surface area contributed by atoms with Crippen LogP contribution in [0.5, 0.6) is 0 Å². The van der Waals surface area contributed by atoms with Gasteiger partial charge < -0.3 is 10.1 Å². The van der Waals surface area contributed by atoms with Gasteiger partial charge in [0.05, 0.1) is 16.6 Å². The summed E-state index contributed by atoms with van der Waals surface area (Å²) in [5.74, 6) is -1.45. The maximum Gasteiger partial charge on any atom is 0.261 e. The van der Waals surface area contributed by atoms with Crippen molar-refractivity contribution in [1.29, 1.82) is 0 Å². The van der Waals surface area contributed by atoms with Gasteiger partial charge in [0.15, 0.2) is 0 Å². The molecule has 5 nitrogen and oxygen atoms in total. The minimum atomic E-state index is -4.01. The van der Waals surface area contributed by atoms with Crippen molar-refractivity contribution in [2.45, 2.75) is 36.3 Å². The SMILES string of the molecule is COC1CCC(NC(=O)c2cc(S(=O)(=O)Cl)ccc2F)C1.